The lowest BCUT2D eigenvalue weighted by Gasteiger charge is -2.11. The van der Waals surface area contributed by atoms with Gasteiger partial charge in [0.25, 0.3) is 11.8 Å². The highest BCUT2D eigenvalue weighted by Gasteiger charge is 2.14. The third kappa shape index (κ3) is 3.61. The van der Waals surface area contributed by atoms with Crippen LogP contribution in [0.25, 0.3) is 10.9 Å². The number of aromatic nitrogens is 1. The van der Waals surface area contributed by atoms with Crippen molar-refractivity contribution in [2.75, 3.05) is 13.7 Å². The van der Waals surface area contributed by atoms with Gasteiger partial charge in [-0.25, -0.2) is 0 Å². The lowest BCUT2D eigenvalue weighted by Crippen LogP contribution is -2.43. The number of nitrogens with one attached hydrogen (secondary N) is 2. The summed E-state index contributed by atoms with van der Waals surface area (Å²) in [5.41, 5.74) is 6.17. The Labute approximate surface area is 150 Å². The van der Waals surface area contributed by atoms with Crippen LogP contribution in [0.2, 0.25) is 0 Å². The van der Waals surface area contributed by atoms with E-state index in [-0.39, 0.29) is 6.61 Å². The predicted molar refractivity (Wildman–Crippen MR) is 97.0 cm³/mol. The lowest BCUT2D eigenvalue weighted by molar-refractivity contribution is -0.123. The van der Waals surface area contributed by atoms with Crippen LogP contribution < -0.4 is 20.3 Å². The monoisotopic (exact) mass is 353 g/mol. The van der Waals surface area contributed by atoms with Crippen LogP contribution in [-0.2, 0) is 11.8 Å². The fraction of sp³-hybridized carbons (Fsp3) is 0.158. The van der Waals surface area contributed by atoms with Gasteiger partial charge in [-0.3, -0.25) is 20.4 Å². The van der Waals surface area contributed by atoms with E-state index in [0.29, 0.717) is 17.1 Å². The van der Waals surface area contributed by atoms with E-state index in [2.05, 4.69) is 10.9 Å². The molecule has 0 atom stereocenters. The molecule has 0 saturated heterocycles. The number of benzene rings is 2. The summed E-state index contributed by atoms with van der Waals surface area (Å²) in [5, 5.41) is 0.812. The van der Waals surface area contributed by atoms with Crippen molar-refractivity contribution in [3.63, 3.8) is 0 Å². The van der Waals surface area contributed by atoms with Gasteiger partial charge < -0.3 is 14.0 Å². The lowest BCUT2D eigenvalue weighted by atomic mass is 10.2. The number of methoxy groups -OCH3 is 1. The number of para-hydroxylation sites is 3. The molecule has 0 aliphatic rings. The van der Waals surface area contributed by atoms with Crippen molar-refractivity contribution in [3.8, 4) is 11.5 Å². The standard InChI is InChI=1S/C19H19N3O4/c1-22-11-14(13-7-3-4-8-15(13)22)19(24)21-20-18(23)12-26-17-10-6-5-9-16(17)25-2/h3-11H,12H2,1-2H3,(H,20,23)(H,21,24). The number of fused-ring (bicyclic) bond motifs is 1. The van der Waals surface area contributed by atoms with Crippen LogP contribution >= 0.6 is 0 Å². The van der Waals surface area contributed by atoms with Crippen molar-refractivity contribution in [3.05, 3.63) is 60.3 Å². The van der Waals surface area contributed by atoms with Crippen LogP contribution in [0.5, 0.6) is 11.5 Å². The Balaban J connectivity index is 1.58. The van der Waals surface area contributed by atoms with E-state index in [1.807, 2.05) is 35.9 Å². The molecular weight excluding hydrogens is 334 g/mol. The third-order valence-corrected chi connectivity index (χ3v) is 3.88. The fourth-order valence-electron chi connectivity index (χ4n) is 2.63. The summed E-state index contributed by atoms with van der Waals surface area (Å²) in [4.78, 5) is 24.3. The molecule has 0 saturated carbocycles. The number of carbonyl (C=O) groups excluding carboxylic acids is 2. The summed E-state index contributed by atoms with van der Waals surface area (Å²) in [7, 11) is 3.38. The van der Waals surface area contributed by atoms with Gasteiger partial charge in [-0.2, -0.15) is 0 Å². The smallest absolute Gasteiger partial charge is 0.276 e. The van der Waals surface area contributed by atoms with Gasteiger partial charge in [0.2, 0.25) is 0 Å². The molecule has 2 N–H and O–H groups in total. The maximum absolute atomic E-state index is 12.4. The molecule has 3 aromatic rings. The van der Waals surface area contributed by atoms with Gasteiger partial charge in [0, 0.05) is 24.1 Å². The first-order chi connectivity index (χ1) is 12.6. The third-order valence-electron chi connectivity index (χ3n) is 3.88. The molecule has 0 fully saturated rings. The summed E-state index contributed by atoms with van der Waals surface area (Å²) in [6, 6.07) is 14.5. The van der Waals surface area contributed by atoms with E-state index in [9.17, 15) is 9.59 Å². The Bertz CT molecular complexity index is 949. The van der Waals surface area contributed by atoms with E-state index in [1.165, 1.54) is 7.11 Å². The molecule has 0 aliphatic carbocycles. The highest BCUT2D eigenvalue weighted by atomic mass is 16.5. The number of hydrogen-bond acceptors (Lipinski definition) is 4. The molecule has 26 heavy (non-hydrogen) atoms. The Hall–Kier alpha value is -3.48. The van der Waals surface area contributed by atoms with E-state index in [1.54, 1.807) is 30.5 Å². The second-order valence-corrected chi connectivity index (χ2v) is 5.61. The molecule has 1 aromatic heterocycles. The number of aryl methyl sites for hydroxylation is 1. The molecule has 0 radical (unpaired) electrons. The van der Waals surface area contributed by atoms with Crippen molar-refractivity contribution in [1.82, 2.24) is 15.4 Å². The molecule has 0 aliphatic heterocycles. The minimum atomic E-state index is -0.482. The summed E-state index contributed by atoms with van der Waals surface area (Å²) in [5.74, 6) is 0.0996. The zero-order valence-corrected chi connectivity index (χ0v) is 14.5. The van der Waals surface area contributed by atoms with E-state index in [0.717, 1.165) is 10.9 Å². The SMILES string of the molecule is COc1ccccc1OCC(=O)NNC(=O)c1cn(C)c2ccccc12. The second-order valence-electron chi connectivity index (χ2n) is 5.61. The fourth-order valence-corrected chi connectivity index (χ4v) is 2.63. The van der Waals surface area contributed by atoms with Gasteiger partial charge in [-0.1, -0.05) is 30.3 Å². The Morgan fingerprint density at radius 3 is 2.46 bits per heavy atom. The van der Waals surface area contributed by atoms with E-state index >= 15 is 0 Å². The van der Waals surface area contributed by atoms with Gasteiger partial charge in [0.15, 0.2) is 18.1 Å². The first-order valence-corrected chi connectivity index (χ1v) is 7.99. The van der Waals surface area contributed by atoms with Crippen molar-refractivity contribution >= 4 is 22.7 Å². The maximum Gasteiger partial charge on any atom is 0.276 e. The summed E-state index contributed by atoms with van der Waals surface area (Å²) in [6.07, 6.45) is 1.72. The first-order valence-electron chi connectivity index (χ1n) is 7.99. The number of ether oxygens (including phenoxy) is 2. The largest absolute Gasteiger partial charge is 0.493 e. The van der Waals surface area contributed by atoms with Gasteiger partial charge >= 0.3 is 0 Å². The summed E-state index contributed by atoms with van der Waals surface area (Å²) >= 11 is 0. The second kappa shape index (κ2) is 7.60. The van der Waals surface area contributed by atoms with Crippen molar-refractivity contribution in [2.45, 2.75) is 0 Å². The summed E-state index contributed by atoms with van der Waals surface area (Å²) < 4.78 is 12.4. The molecule has 2 amide bonds. The van der Waals surface area contributed by atoms with Gasteiger partial charge in [-0.15, -0.1) is 0 Å². The number of rotatable bonds is 5. The maximum atomic E-state index is 12.4. The average Bonchev–Trinajstić information content (AvgIpc) is 3.02. The van der Waals surface area contributed by atoms with Crippen LogP contribution in [0, 0.1) is 0 Å². The number of hydrazine groups is 1. The first kappa shape index (κ1) is 17.3. The molecule has 1 heterocycles. The van der Waals surface area contributed by atoms with Gasteiger partial charge in [0.1, 0.15) is 0 Å². The van der Waals surface area contributed by atoms with Crippen molar-refractivity contribution < 1.29 is 19.1 Å². The number of carbonyl (C=O) groups is 2. The Kier molecular flexibility index (Phi) is 5.07. The van der Waals surface area contributed by atoms with Gasteiger partial charge in [-0.05, 0) is 18.2 Å². The minimum Gasteiger partial charge on any atom is -0.493 e. The molecule has 0 spiro atoms. The molecule has 7 heteroatoms. The summed E-state index contributed by atoms with van der Waals surface area (Å²) in [6.45, 7) is -0.254. The predicted octanol–water partition coefficient (Wildman–Crippen LogP) is 2.03. The molecule has 134 valence electrons. The quantitative estimate of drug-likeness (QED) is 0.688. The normalized spacial score (nSPS) is 10.4. The van der Waals surface area contributed by atoms with Crippen molar-refractivity contribution in [1.29, 1.82) is 0 Å². The van der Waals surface area contributed by atoms with Crippen LogP contribution in [0.15, 0.2) is 54.7 Å². The zero-order valence-electron chi connectivity index (χ0n) is 14.5. The Morgan fingerprint density at radius 1 is 1.00 bits per heavy atom. The number of amides is 2. The Morgan fingerprint density at radius 2 is 1.69 bits per heavy atom. The topological polar surface area (TPSA) is 81.6 Å². The molecule has 7 nitrogen and oxygen atoms in total. The van der Waals surface area contributed by atoms with Crippen LogP contribution in [0.1, 0.15) is 10.4 Å². The zero-order chi connectivity index (χ0) is 18.5. The van der Waals surface area contributed by atoms with Crippen molar-refractivity contribution in [2.24, 2.45) is 7.05 Å². The number of hydrogen-bond donors (Lipinski definition) is 2. The molecule has 3 rings (SSSR count). The highest BCUT2D eigenvalue weighted by Crippen LogP contribution is 2.25. The molecule has 2 aromatic carbocycles. The highest BCUT2D eigenvalue weighted by molar-refractivity contribution is 6.07. The molecule has 0 unspecified atom stereocenters. The number of nitrogens with zero attached hydrogens (tertiary/aromatic N) is 1. The van der Waals surface area contributed by atoms with E-state index < -0.39 is 11.8 Å². The van der Waals surface area contributed by atoms with Crippen LogP contribution in [0.3, 0.4) is 0 Å². The van der Waals surface area contributed by atoms with Crippen LogP contribution in [-0.4, -0.2) is 30.1 Å². The van der Waals surface area contributed by atoms with Gasteiger partial charge in [0.05, 0.1) is 12.7 Å². The molecule has 0 bridgehead atoms. The minimum absolute atomic E-state index is 0.254. The molecular formula is C19H19N3O4. The van der Waals surface area contributed by atoms with Crippen LogP contribution in [0.4, 0.5) is 0 Å². The average molecular weight is 353 g/mol. The van der Waals surface area contributed by atoms with E-state index in [4.69, 9.17) is 9.47 Å².